The maximum Gasteiger partial charge on any atom is 2.00 e. The molecule has 62 valence electrons. The van der Waals surface area contributed by atoms with Gasteiger partial charge in [0.25, 0.3) is 0 Å². The van der Waals surface area contributed by atoms with Gasteiger partial charge in [-0.15, -0.1) is 0 Å². The van der Waals surface area contributed by atoms with Gasteiger partial charge in [0.15, 0.2) is 17.4 Å². The van der Waals surface area contributed by atoms with Crippen LogP contribution in [0, 0.1) is 0 Å². The summed E-state index contributed by atoms with van der Waals surface area (Å²) in [6.07, 6.45) is 0. The first-order chi connectivity index (χ1) is 2.00. The van der Waals surface area contributed by atoms with E-state index in [1.807, 2.05) is 0 Å². The van der Waals surface area contributed by atoms with Crippen molar-refractivity contribution < 1.29 is 35.9 Å². The molecule has 10 heteroatoms. The summed E-state index contributed by atoms with van der Waals surface area (Å²) in [5.74, 6) is 0. The van der Waals surface area contributed by atoms with Crippen LogP contribution in [0.15, 0.2) is 0 Å². The Morgan fingerprint density at radius 3 is 1.10 bits per heavy atom. The summed E-state index contributed by atoms with van der Waals surface area (Å²) < 4.78 is 8.88. The molecule has 10 heavy (non-hydrogen) atoms. The molecular formula is H14AlCaMgO6P. The summed E-state index contributed by atoms with van der Waals surface area (Å²) in [7, 11) is -4.64. The van der Waals surface area contributed by atoms with Gasteiger partial charge < -0.3 is 31.3 Å². The average Bonchev–Trinajstić information content (AvgIpc) is 0.722. The fraction of sp³-hybridized carbons (Fsp3) is 0. The van der Waals surface area contributed by atoms with Gasteiger partial charge in [0.1, 0.15) is 0 Å². The molecule has 0 atom stereocenters. The van der Waals surface area contributed by atoms with Crippen LogP contribution in [0.5, 0.6) is 0 Å². The second kappa shape index (κ2) is 17.6. The van der Waals surface area contributed by atoms with Crippen molar-refractivity contribution in [2.75, 3.05) is 0 Å². The number of phosphoric acid groups is 1. The van der Waals surface area contributed by atoms with E-state index in [1.165, 1.54) is 0 Å². The summed E-state index contributed by atoms with van der Waals surface area (Å²) in [5.41, 5.74) is 0. The van der Waals surface area contributed by atoms with Crippen LogP contribution in [0.4, 0.5) is 0 Å². The first kappa shape index (κ1) is 38.9. The molecule has 0 aliphatic rings. The predicted octanol–water partition coefficient (Wildman–Crippen LogP) is -4.07. The molecule has 0 amide bonds. The van der Waals surface area contributed by atoms with E-state index in [9.17, 15) is 0 Å². The van der Waals surface area contributed by atoms with E-state index in [0.29, 0.717) is 0 Å². The third kappa shape index (κ3) is 145. The molecule has 6 nitrogen and oxygen atoms in total. The molecule has 0 aromatic rings. The Balaban J connectivity index is -0.00000000222. The van der Waals surface area contributed by atoms with Gasteiger partial charge in [-0.3, -0.25) is 0 Å². The minimum atomic E-state index is -4.64. The van der Waals surface area contributed by atoms with E-state index in [0.717, 1.165) is 0 Å². The van der Waals surface area contributed by atoms with Crippen LogP contribution >= 0.6 is 7.82 Å². The topological polar surface area (TPSA) is 141 Å². The summed E-state index contributed by atoms with van der Waals surface area (Å²) >= 11 is 0. The van der Waals surface area contributed by atoms with Crippen molar-refractivity contribution in [1.29, 1.82) is 0 Å². The van der Waals surface area contributed by atoms with Crippen molar-refractivity contribution in [1.82, 2.24) is 0 Å². The van der Waals surface area contributed by atoms with Crippen LogP contribution < -0.4 is 0 Å². The van der Waals surface area contributed by atoms with E-state index in [1.54, 1.807) is 0 Å². The molecule has 7 N–H and O–H groups in total. The van der Waals surface area contributed by atoms with Crippen molar-refractivity contribution in [3.63, 3.8) is 0 Å². The second-order valence-corrected chi connectivity index (χ2v) is 1.54. The van der Waals surface area contributed by atoms with Crippen LogP contribution in [0.2, 0.25) is 0 Å². The molecule has 0 unspecified atom stereocenters. The zero-order valence-electron chi connectivity index (χ0n) is 8.61. The first-order valence-corrected chi connectivity index (χ1v) is 2.35. The summed E-state index contributed by atoms with van der Waals surface area (Å²) in [4.78, 5) is 21.6. The fourth-order valence-electron chi connectivity index (χ4n) is 0. The van der Waals surface area contributed by atoms with Crippen LogP contribution in [0.25, 0.3) is 0 Å². The molecule has 0 bridgehead atoms. The third-order valence-corrected chi connectivity index (χ3v) is 0. The molecular weight excluding hydrogens is 218 g/mol. The van der Waals surface area contributed by atoms with E-state index >= 15 is 0 Å². The minimum absolute atomic E-state index is 0. The van der Waals surface area contributed by atoms with Crippen molar-refractivity contribution in [2.45, 2.75) is 0 Å². The standard InChI is InChI=1S/Al.Ca.Mg.H3O4P.2H2O.7H/c;;;1-5(2,3)4;;;;;;;;;/h;;;(H3,1,2,3,4);2*1H2;;;;;;;/q;2*+2;;;;;;;4*-1. The van der Waals surface area contributed by atoms with Gasteiger partial charge in [0.05, 0.1) is 0 Å². The Morgan fingerprint density at radius 2 is 1.10 bits per heavy atom. The normalized spacial score (nSPS) is 5.90. The molecule has 0 saturated carbocycles. The van der Waals surface area contributed by atoms with Gasteiger partial charge in [0, 0.05) is 0 Å². The van der Waals surface area contributed by atoms with Gasteiger partial charge >= 0.3 is 68.6 Å². The molecule has 0 radical (unpaired) electrons. The third-order valence-electron chi connectivity index (χ3n) is 0. The van der Waals surface area contributed by atoms with Gasteiger partial charge in [0.2, 0.25) is 0 Å². The smallest absolute Gasteiger partial charge is 1.00 e. The Morgan fingerprint density at radius 1 is 1.10 bits per heavy atom. The molecule has 0 saturated heterocycles. The van der Waals surface area contributed by atoms with Crippen molar-refractivity contribution >= 4 is 86.0 Å². The molecule has 0 aromatic carbocycles. The molecule has 0 rings (SSSR count). The molecule has 0 spiro atoms. The Hall–Kier alpha value is 2.59. The molecule has 0 aliphatic heterocycles. The monoisotopic (exact) mass is 232 g/mol. The van der Waals surface area contributed by atoms with Crippen LogP contribution in [-0.4, -0.2) is 104 Å². The van der Waals surface area contributed by atoms with Crippen LogP contribution in [0.1, 0.15) is 5.71 Å². The maximum absolute atomic E-state index is 8.88. The zero-order valence-corrected chi connectivity index (χ0v) is 9.13. The van der Waals surface area contributed by atoms with Gasteiger partial charge in [-0.2, -0.15) is 0 Å². The number of rotatable bonds is 0. The Bertz CT molecular complexity index is 76.0. The fourth-order valence-corrected chi connectivity index (χ4v) is 0. The van der Waals surface area contributed by atoms with Gasteiger partial charge in [-0.25, -0.2) is 4.57 Å². The predicted molar refractivity (Wildman–Crippen MR) is 47.4 cm³/mol. The minimum Gasteiger partial charge on any atom is -1.00 e. The van der Waals surface area contributed by atoms with Crippen LogP contribution in [0.3, 0.4) is 0 Å². The van der Waals surface area contributed by atoms with Crippen molar-refractivity contribution in [3.05, 3.63) is 0 Å². The zero-order chi connectivity index (χ0) is 4.50. The summed E-state index contributed by atoms with van der Waals surface area (Å²) in [6.45, 7) is 0. The Kier molecular flexibility index (Phi) is 68.6. The van der Waals surface area contributed by atoms with Gasteiger partial charge in [-0.05, 0) is 0 Å². The largest absolute Gasteiger partial charge is 2.00 e. The van der Waals surface area contributed by atoms with Crippen molar-refractivity contribution in [2.24, 2.45) is 0 Å². The molecule has 0 fully saturated rings. The maximum atomic E-state index is 8.88. The molecule has 0 aromatic heterocycles. The van der Waals surface area contributed by atoms with E-state index in [4.69, 9.17) is 19.2 Å². The SMILES string of the molecule is O.O.O=P(O)(O)O.[AlH3].[Ca+2].[H-].[H-].[H-].[H-].[Mg+2]. The second-order valence-electron chi connectivity index (χ2n) is 0.513. The molecule has 0 heterocycles. The van der Waals surface area contributed by atoms with E-state index in [-0.39, 0.29) is 94.8 Å². The van der Waals surface area contributed by atoms with E-state index < -0.39 is 7.82 Å². The quantitative estimate of drug-likeness (QED) is 0.288. The van der Waals surface area contributed by atoms with Crippen molar-refractivity contribution in [3.8, 4) is 0 Å². The summed E-state index contributed by atoms with van der Waals surface area (Å²) in [5, 5.41) is 0. The summed E-state index contributed by atoms with van der Waals surface area (Å²) in [6, 6.07) is 0. The van der Waals surface area contributed by atoms with Crippen LogP contribution in [-0.2, 0) is 4.57 Å². The number of hydrogen-bond donors (Lipinski definition) is 3. The Labute approximate surface area is 120 Å². The van der Waals surface area contributed by atoms with Gasteiger partial charge in [-0.1, -0.05) is 0 Å². The van der Waals surface area contributed by atoms with E-state index in [2.05, 4.69) is 0 Å². The number of hydrogen-bond acceptors (Lipinski definition) is 1. The molecule has 0 aliphatic carbocycles. The first-order valence-electron chi connectivity index (χ1n) is 0.783. The average molecular weight is 232 g/mol.